The van der Waals surface area contributed by atoms with Crippen LogP contribution in [0, 0.1) is 5.82 Å². The molecule has 0 spiro atoms. The molecule has 0 N–H and O–H groups in total. The Balaban J connectivity index is 2.62. The number of nitrogens with zero attached hydrogens (tertiary/aromatic N) is 2. The van der Waals surface area contributed by atoms with Crippen molar-refractivity contribution in [2.45, 2.75) is 0 Å². The van der Waals surface area contributed by atoms with Crippen molar-refractivity contribution in [1.82, 2.24) is 9.97 Å². The molecule has 0 unspecified atom stereocenters. The lowest BCUT2D eigenvalue weighted by Gasteiger charge is -2.07. The van der Waals surface area contributed by atoms with E-state index in [1.807, 2.05) is 0 Å². The molecule has 4 nitrogen and oxygen atoms in total. The van der Waals surface area contributed by atoms with E-state index in [1.54, 1.807) is 0 Å². The summed E-state index contributed by atoms with van der Waals surface area (Å²) in [7, 11) is 1.43. The van der Waals surface area contributed by atoms with E-state index in [2.05, 4.69) is 9.97 Å². The van der Waals surface area contributed by atoms with Gasteiger partial charge in [0.25, 0.3) is 0 Å². The first-order chi connectivity index (χ1) is 8.26. The number of methoxy groups -OCH3 is 1. The molecule has 1 heterocycles. The van der Waals surface area contributed by atoms with Crippen molar-refractivity contribution in [3.63, 3.8) is 0 Å². The summed E-state index contributed by atoms with van der Waals surface area (Å²) in [6.07, 6.45) is 3.53. The van der Waals surface area contributed by atoms with Crippen LogP contribution in [0.15, 0.2) is 30.6 Å². The number of benzene rings is 1. The quantitative estimate of drug-likeness (QED) is 0.760. The predicted octanol–water partition coefficient (Wildman–Crippen LogP) is 2.10. The van der Waals surface area contributed by atoms with Crippen molar-refractivity contribution < 1.29 is 13.9 Å². The Hall–Kier alpha value is -2.30. The highest BCUT2D eigenvalue weighted by atomic mass is 19.1. The standard InChI is InChI=1S/C12H9FN2O2/c1-17-12-11(14-4-5-15-12)9-6-8(7-16)2-3-10(9)13/h2-7H,1H3. The summed E-state index contributed by atoms with van der Waals surface area (Å²) in [6.45, 7) is 0. The van der Waals surface area contributed by atoms with Crippen molar-refractivity contribution in [3.05, 3.63) is 42.0 Å². The fraction of sp³-hybridized carbons (Fsp3) is 0.0833. The summed E-state index contributed by atoms with van der Waals surface area (Å²) in [5.41, 5.74) is 0.838. The predicted molar refractivity (Wildman–Crippen MR) is 59.4 cm³/mol. The second-order valence-corrected chi connectivity index (χ2v) is 3.27. The highest BCUT2D eigenvalue weighted by Crippen LogP contribution is 2.27. The first-order valence-electron chi connectivity index (χ1n) is 4.86. The maximum atomic E-state index is 13.7. The molecule has 1 aromatic heterocycles. The fourth-order valence-electron chi connectivity index (χ4n) is 1.46. The van der Waals surface area contributed by atoms with E-state index in [4.69, 9.17) is 4.74 Å². The van der Waals surface area contributed by atoms with Crippen molar-refractivity contribution in [2.75, 3.05) is 7.11 Å². The first-order valence-corrected chi connectivity index (χ1v) is 4.86. The van der Waals surface area contributed by atoms with Crippen LogP contribution in [0.5, 0.6) is 5.88 Å². The second kappa shape index (κ2) is 4.69. The molecule has 0 bridgehead atoms. The van der Waals surface area contributed by atoms with Crippen molar-refractivity contribution in [2.24, 2.45) is 0 Å². The number of halogens is 1. The van der Waals surface area contributed by atoms with E-state index in [1.165, 1.54) is 37.7 Å². The minimum atomic E-state index is -0.477. The molecule has 2 rings (SSSR count). The molecule has 0 saturated carbocycles. The molecular formula is C12H9FN2O2. The van der Waals surface area contributed by atoms with Gasteiger partial charge in [0.15, 0.2) is 0 Å². The SMILES string of the molecule is COc1nccnc1-c1cc(C=O)ccc1F. The highest BCUT2D eigenvalue weighted by Gasteiger charge is 2.13. The number of ether oxygens (including phenoxy) is 1. The Morgan fingerprint density at radius 2 is 2.06 bits per heavy atom. The van der Waals surface area contributed by atoms with Gasteiger partial charge in [0.1, 0.15) is 17.8 Å². The molecule has 1 aromatic carbocycles. The minimum Gasteiger partial charge on any atom is -0.479 e. The number of aldehydes is 1. The van der Waals surface area contributed by atoms with Crippen molar-refractivity contribution in [3.8, 4) is 17.1 Å². The molecule has 0 radical (unpaired) electrons. The van der Waals surface area contributed by atoms with E-state index in [-0.39, 0.29) is 17.1 Å². The van der Waals surface area contributed by atoms with Crippen LogP contribution in [0.4, 0.5) is 4.39 Å². The Labute approximate surface area is 97.1 Å². The topological polar surface area (TPSA) is 52.1 Å². The molecular weight excluding hydrogens is 223 g/mol. The van der Waals surface area contributed by atoms with Gasteiger partial charge in [-0.1, -0.05) is 0 Å². The van der Waals surface area contributed by atoms with Gasteiger partial charge in [0, 0.05) is 23.5 Å². The van der Waals surface area contributed by atoms with E-state index in [0.717, 1.165) is 0 Å². The zero-order valence-electron chi connectivity index (χ0n) is 9.05. The number of carbonyl (C=O) groups is 1. The number of hydrogen-bond donors (Lipinski definition) is 0. The monoisotopic (exact) mass is 232 g/mol. The second-order valence-electron chi connectivity index (χ2n) is 3.27. The van der Waals surface area contributed by atoms with Crippen LogP contribution in [0.25, 0.3) is 11.3 Å². The Bertz CT molecular complexity index is 558. The van der Waals surface area contributed by atoms with Crippen LogP contribution < -0.4 is 4.74 Å². The molecule has 0 saturated heterocycles. The van der Waals surface area contributed by atoms with Crippen LogP contribution in [-0.2, 0) is 0 Å². The summed E-state index contributed by atoms with van der Waals surface area (Å²) in [5.74, 6) is -0.260. The van der Waals surface area contributed by atoms with Gasteiger partial charge in [-0.3, -0.25) is 4.79 Å². The van der Waals surface area contributed by atoms with Crippen LogP contribution in [0.1, 0.15) is 10.4 Å². The molecule has 0 aliphatic rings. The first kappa shape index (κ1) is 11.2. The smallest absolute Gasteiger partial charge is 0.240 e. The molecule has 17 heavy (non-hydrogen) atoms. The van der Waals surface area contributed by atoms with Crippen molar-refractivity contribution in [1.29, 1.82) is 0 Å². The number of carbonyl (C=O) groups excluding carboxylic acids is 1. The number of rotatable bonds is 3. The third-order valence-corrected chi connectivity index (χ3v) is 2.24. The van der Waals surface area contributed by atoms with Gasteiger partial charge in [0.05, 0.1) is 7.11 Å². The van der Waals surface area contributed by atoms with E-state index in [0.29, 0.717) is 11.8 Å². The van der Waals surface area contributed by atoms with E-state index in [9.17, 15) is 9.18 Å². The van der Waals surface area contributed by atoms with Crippen LogP contribution in [-0.4, -0.2) is 23.4 Å². The van der Waals surface area contributed by atoms with Gasteiger partial charge in [-0.25, -0.2) is 14.4 Å². The maximum Gasteiger partial charge on any atom is 0.240 e. The lowest BCUT2D eigenvalue weighted by atomic mass is 10.1. The maximum absolute atomic E-state index is 13.7. The van der Waals surface area contributed by atoms with Crippen molar-refractivity contribution >= 4 is 6.29 Å². The molecule has 0 fully saturated rings. The van der Waals surface area contributed by atoms with Crippen LogP contribution in [0.3, 0.4) is 0 Å². The minimum absolute atomic E-state index is 0.194. The highest BCUT2D eigenvalue weighted by molar-refractivity contribution is 5.79. The summed E-state index contributed by atoms with van der Waals surface area (Å²) < 4.78 is 18.7. The molecule has 0 aliphatic heterocycles. The average Bonchev–Trinajstić information content (AvgIpc) is 2.39. The Morgan fingerprint density at radius 1 is 1.29 bits per heavy atom. The normalized spacial score (nSPS) is 10.0. The lowest BCUT2D eigenvalue weighted by Crippen LogP contribution is -1.96. The van der Waals surface area contributed by atoms with E-state index >= 15 is 0 Å². The lowest BCUT2D eigenvalue weighted by molar-refractivity contribution is 0.112. The van der Waals surface area contributed by atoms with Gasteiger partial charge < -0.3 is 4.74 Å². The molecule has 0 aliphatic carbocycles. The van der Waals surface area contributed by atoms with Gasteiger partial charge in [0.2, 0.25) is 5.88 Å². The number of aromatic nitrogens is 2. The largest absolute Gasteiger partial charge is 0.479 e. The molecule has 86 valence electrons. The third-order valence-electron chi connectivity index (χ3n) is 2.24. The third kappa shape index (κ3) is 2.13. The summed E-state index contributed by atoms with van der Waals surface area (Å²) in [4.78, 5) is 18.6. The van der Waals surface area contributed by atoms with Gasteiger partial charge >= 0.3 is 0 Å². The van der Waals surface area contributed by atoms with Gasteiger partial charge in [-0.15, -0.1) is 0 Å². The molecule has 0 atom stereocenters. The fourth-order valence-corrected chi connectivity index (χ4v) is 1.46. The molecule has 5 heteroatoms. The summed E-state index contributed by atoms with van der Waals surface area (Å²) in [5, 5.41) is 0. The average molecular weight is 232 g/mol. The molecule has 2 aromatic rings. The zero-order chi connectivity index (χ0) is 12.3. The van der Waals surface area contributed by atoms with Crippen LogP contribution >= 0.6 is 0 Å². The van der Waals surface area contributed by atoms with Gasteiger partial charge in [-0.2, -0.15) is 0 Å². The zero-order valence-corrected chi connectivity index (χ0v) is 9.05. The Kier molecular flexibility index (Phi) is 3.09. The number of hydrogen-bond acceptors (Lipinski definition) is 4. The van der Waals surface area contributed by atoms with Gasteiger partial charge in [-0.05, 0) is 18.2 Å². The Morgan fingerprint density at radius 3 is 2.76 bits per heavy atom. The summed E-state index contributed by atoms with van der Waals surface area (Å²) >= 11 is 0. The molecule has 0 amide bonds. The van der Waals surface area contributed by atoms with Crippen LogP contribution in [0.2, 0.25) is 0 Å². The van der Waals surface area contributed by atoms with E-state index < -0.39 is 5.82 Å². The summed E-state index contributed by atoms with van der Waals surface area (Å²) in [6, 6.07) is 4.02.